The van der Waals surface area contributed by atoms with E-state index in [0.29, 0.717) is 0 Å². The van der Waals surface area contributed by atoms with E-state index >= 15 is 0 Å². The van der Waals surface area contributed by atoms with Crippen molar-refractivity contribution in [1.82, 2.24) is 8.75 Å². The molecule has 0 saturated carbocycles. The Labute approximate surface area is 140 Å². The maximum atomic E-state index is 4.52. The molecule has 0 unspecified atom stereocenters. The molecule has 0 N–H and O–H groups in total. The Morgan fingerprint density at radius 3 is 2.19 bits per heavy atom. The summed E-state index contributed by atoms with van der Waals surface area (Å²) in [5, 5.41) is 0. The summed E-state index contributed by atoms with van der Waals surface area (Å²) in [7, 11) is 0. The van der Waals surface area contributed by atoms with Gasteiger partial charge in [0.1, 0.15) is 11.0 Å². The Morgan fingerprint density at radius 2 is 1.57 bits per heavy atom. The average molecular weight is 370 g/mol. The van der Waals surface area contributed by atoms with Crippen LogP contribution in [-0.4, -0.2) is 21.8 Å². The fraction of sp³-hybridized carbons (Fsp3) is 0.625. The summed E-state index contributed by atoms with van der Waals surface area (Å²) in [5.74, 6) is 0. The van der Waals surface area contributed by atoms with Crippen LogP contribution < -0.4 is 4.90 Å². The predicted molar refractivity (Wildman–Crippen MR) is 96.4 cm³/mol. The van der Waals surface area contributed by atoms with Gasteiger partial charge in [-0.15, -0.1) is 0 Å². The van der Waals surface area contributed by atoms with E-state index in [1.165, 1.54) is 55.9 Å². The predicted octanol–water partition coefficient (Wildman–Crippen LogP) is 5.64. The molecule has 0 spiro atoms. The summed E-state index contributed by atoms with van der Waals surface area (Å²) in [4.78, 5) is 2.50. The van der Waals surface area contributed by atoms with Crippen molar-refractivity contribution in [1.29, 1.82) is 0 Å². The van der Waals surface area contributed by atoms with Gasteiger partial charge < -0.3 is 4.90 Å². The Kier molecular flexibility index (Phi) is 6.90. The van der Waals surface area contributed by atoms with Gasteiger partial charge in [-0.1, -0.05) is 39.5 Å². The van der Waals surface area contributed by atoms with Crippen molar-refractivity contribution < 1.29 is 0 Å². The molecule has 1 aromatic heterocycles. The molecule has 5 heteroatoms. The highest BCUT2D eigenvalue weighted by molar-refractivity contribution is 9.10. The fourth-order valence-corrected chi connectivity index (χ4v) is 3.63. The van der Waals surface area contributed by atoms with E-state index < -0.39 is 0 Å². The Hall–Kier alpha value is -0.680. The summed E-state index contributed by atoms with van der Waals surface area (Å²) in [5.41, 5.74) is 3.28. The first-order valence-electron chi connectivity index (χ1n) is 7.93. The van der Waals surface area contributed by atoms with E-state index in [1.54, 1.807) is 0 Å². The first kappa shape index (κ1) is 16.7. The normalized spacial score (nSPS) is 11.2. The van der Waals surface area contributed by atoms with Gasteiger partial charge in [0.2, 0.25) is 0 Å². The van der Waals surface area contributed by atoms with E-state index in [-0.39, 0.29) is 0 Å². The summed E-state index contributed by atoms with van der Waals surface area (Å²) in [6.07, 6.45) is 7.60. The monoisotopic (exact) mass is 369 g/mol. The highest BCUT2D eigenvalue weighted by Gasteiger charge is 2.14. The molecule has 0 atom stereocenters. The van der Waals surface area contributed by atoms with Gasteiger partial charge in [0, 0.05) is 17.6 Å². The molecule has 0 saturated heterocycles. The Bertz CT molecular complexity index is 545. The summed E-state index contributed by atoms with van der Waals surface area (Å²) in [6.45, 7) is 6.74. The molecule has 3 nitrogen and oxygen atoms in total. The molecule has 2 rings (SSSR count). The third kappa shape index (κ3) is 4.39. The molecule has 1 heterocycles. The van der Waals surface area contributed by atoms with Gasteiger partial charge in [-0.3, -0.25) is 0 Å². The number of rotatable bonds is 9. The lowest BCUT2D eigenvalue weighted by Gasteiger charge is -2.25. The van der Waals surface area contributed by atoms with Crippen molar-refractivity contribution in [3.8, 4) is 0 Å². The van der Waals surface area contributed by atoms with Gasteiger partial charge in [-0.2, -0.15) is 8.75 Å². The SMILES string of the molecule is CCCCCN(CCCCC)c1ccc(Br)c2nsnc12. The molecule has 1 aromatic carbocycles. The fourth-order valence-electron chi connectivity index (χ4n) is 2.54. The molecule has 0 aliphatic carbocycles. The van der Waals surface area contributed by atoms with Crippen LogP contribution in [-0.2, 0) is 0 Å². The topological polar surface area (TPSA) is 29.0 Å². The largest absolute Gasteiger partial charge is 0.370 e. The van der Waals surface area contributed by atoms with Crippen LogP contribution in [0.5, 0.6) is 0 Å². The Morgan fingerprint density at radius 1 is 0.952 bits per heavy atom. The van der Waals surface area contributed by atoms with E-state index in [9.17, 15) is 0 Å². The zero-order chi connectivity index (χ0) is 15.1. The standard InChI is InChI=1S/C16H24BrN3S/c1-3-5-7-11-20(12-8-6-4-2)14-10-9-13(17)15-16(14)19-21-18-15/h9-10H,3-8,11-12H2,1-2H3. The van der Waals surface area contributed by atoms with Gasteiger partial charge in [0.05, 0.1) is 17.4 Å². The zero-order valence-electron chi connectivity index (χ0n) is 12.9. The summed E-state index contributed by atoms with van der Waals surface area (Å²) < 4.78 is 9.97. The number of benzene rings is 1. The van der Waals surface area contributed by atoms with Crippen LogP contribution in [0.15, 0.2) is 16.6 Å². The van der Waals surface area contributed by atoms with E-state index in [2.05, 4.69) is 55.6 Å². The van der Waals surface area contributed by atoms with Crippen LogP contribution in [0.25, 0.3) is 11.0 Å². The highest BCUT2D eigenvalue weighted by Crippen LogP contribution is 2.31. The number of hydrogen-bond donors (Lipinski definition) is 0. The van der Waals surface area contributed by atoms with Crippen molar-refractivity contribution in [2.24, 2.45) is 0 Å². The number of halogens is 1. The molecule has 116 valence electrons. The van der Waals surface area contributed by atoms with Crippen LogP contribution in [0.2, 0.25) is 0 Å². The second-order valence-electron chi connectivity index (χ2n) is 5.43. The van der Waals surface area contributed by atoms with Crippen LogP contribution in [0.3, 0.4) is 0 Å². The minimum absolute atomic E-state index is 0.994. The molecule has 0 amide bonds. The lowest BCUT2D eigenvalue weighted by Crippen LogP contribution is -2.26. The molecular weight excluding hydrogens is 346 g/mol. The van der Waals surface area contributed by atoms with E-state index in [4.69, 9.17) is 0 Å². The van der Waals surface area contributed by atoms with E-state index in [0.717, 1.165) is 28.6 Å². The van der Waals surface area contributed by atoms with Gasteiger partial charge in [-0.05, 0) is 40.9 Å². The number of anilines is 1. The number of nitrogens with zero attached hydrogens (tertiary/aromatic N) is 3. The van der Waals surface area contributed by atoms with Crippen LogP contribution in [0.1, 0.15) is 52.4 Å². The first-order valence-corrected chi connectivity index (χ1v) is 9.46. The van der Waals surface area contributed by atoms with E-state index in [1.807, 2.05) is 0 Å². The third-order valence-corrected chi connectivity index (χ3v) is 4.92. The van der Waals surface area contributed by atoms with Crippen molar-refractivity contribution >= 4 is 44.4 Å². The molecule has 21 heavy (non-hydrogen) atoms. The number of aromatic nitrogens is 2. The molecule has 0 radical (unpaired) electrons. The van der Waals surface area contributed by atoms with Crippen molar-refractivity contribution in [3.05, 3.63) is 16.6 Å². The minimum atomic E-state index is 0.994. The van der Waals surface area contributed by atoms with Crippen molar-refractivity contribution in [2.45, 2.75) is 52.4 Å². The average Bonchev–Trinajstić information content (AvgIpc) is 2.97. The van der Waals surface area contributed by atoms with Gasteiger partial charge in [0.15, 0.2) is 0 Å². The van der Waals surface area contributed by atoms with Crippen molar-refractivity contribution in [2.75, 3.05) is 18.0 Å². The quantitative estimate of drug-likeness (QED) is 0.535. The second kappa shape index (κ2) is 8.69. The van der Waals surface area contributed by atoms with Crippen LogP contribution in [0.4, 0.5) is 5.69 Å². The minimum Gasteiger partial charge on any atom is -0.370 e. The number of unbranched alkanes of at least 4 members (excludes halogenated alkanes) is 4. The Balaban J connectivity index is 2.20. The smallest absolute Gasteiger partial charge is 0.129 e. The highest BCUT2D eigenvalue weighted by atomic mass is 79.9. The number of fused-ring (bicyclic) bond motifs is 1. The summed E-state index contributed by atoms with van der Waals surface area (Å²) >= 11 is 4.87. The molecule has 0 fully saturated rings. The van der Waals surface area contributed by atoms with Crippen molar-refractivity contribution in [3.63, 3.8) is 0 Å². The lowest BCUT2D eigenvalue weighted by molar-refractivity contribution is 0.637. The van der Waals surface area contributed by atoms with Crippen LogP contribution >= 0.6 is 27.7 Å². The summed E-state index contributed by atoms with van der Waals surface area (Å²) in [6, 6.07) is 4.29. The molecule has 2 aromatic rings. The molecule has 0 aliphatic heterocycles. The molecule has 0 aliphatic rings. The maximum absolute atomic E-state index is 4.52. The lowest BCUT2D eigenvalue weighted by atomic mass is 10.1. The number of hydrogen-bond acceptors (Lipinski definition) is 4. The van der Waals surface area contributed by atoms with Gasteiger partial charge >= 0.3 is 0 Å². The van der Waals surface area contributed by atoms with Gasteiger partial charge in [-0.25, -0.2) is 0 Å². The molecule has 0 bridgehead atoms. The third-order valence-electron chi connectivity index (χ3n) is 3.75. The van der Waals surface area contributed by atoms with Crippen LogP contribution in [0, 0.1) is 0 Å². The maximum Gasteiger partial charge on any atom is 0.129 e. The second-order valence-corrected chi connectivity index (χ2v) is 6.81. The zero-order valence-corrected chi connectivity index (χ0v) is 15.3. The molecular formula is C16H24BrN3S. The van der Waals surface area contributed by atoms with Gasteiger partial charge in [0.25, 0.3) is 0 Å². The first-order chi connectivity index (χ1) is 10.3.